The lowest BCUT2D eigenvalue weighted by molar-refractivity contribution is -0.126. The summed E-state index contributed by atoms with van der Waals surface area (Å²) in [5.74, 6) is 0.584. The topological polar surface area (TPSA) is 64.3 Å². The molecular weight excluding hydrogens is 228 g/mol. The van der Waals surface area contributed by atoms with Crippen molar-refractivity contribution in [1.82, 2.24) is 5.32 Å². The Kier molecular flexibility index (Phi) is 6.09. The van der Waals surface area contributed by atoms with E-state index in [0.29, 0.717) is 18.9 Å². The van der Waals surface area contributed by atoms with Crippen LogP contribution in [0.2, 0.25) is 0 Å². The fourth-order valence-electron chi connectivity index (χ4n) is 2.65. The van der Waals surface area contributed by atoms with Gasteiger partial charge in [-0.15, -0.1) is 0 Å². The van der Waals surface area contributed by atoms with Crippen LogP contribution in [0.25, 0.3) is 0 Å². The second kappa shape index (κ2) is 7.10. The summed E-state index contributed by atoms with van der Waals surface area (Å²) in [5.41, 5.74) is 5.50. The number of amides is 1. The molecule has 0 aromatic carbocycles. The van der Waals surface area contributed by atoms with Crippen LogP contribution in [0.3, 0.4) is 0 Å². The van der Waals surface area contributed by atoms with E-state index < -0.39 is 0 Å². The minimum absolute atomic E-state index is 0.0653. The molecule has 1 aliphatic rings. The number of nitrogens with two attached hydrogens (primary N) is 1. The van der Waals surface area contributed by atoms with Crippen molar-refractivity contribution >= 4 is 5.91 Å². The standard InChI is InChI=1S/C14H28N2O2/c1-11(2)9-14(3,10-15)16-13(17)8-12-6-4-5-7-18-12/h11-12H,4-10,15H2,1-3H3,(H,16,17). The predicted molar refractivity (Wildman–Crippen MR) is 73.3 cm³/mol. The first-order valence-corrected chi connectivity index (χ1v) is 7.08. The molecule has 0 spiro atoms. The monoisotopic (exact) mass is 256 g/mol. The molecule has 4 heteroatoms. The third-order valence-electron chi connectivity index (χ3n) is 3.44. The third kappa shape index (κ3) is 5.36. The molecule has 2 atom stereocenters. The molecule has 1 fully saturated rings. The molecule has 1 aliphatic heterocycles. The Bertz CT molecular complexity index is 263. The van der Waals surface area contributed by atoms with Crippen LogP contribution >= 0.6 is 0 Å². The summed E-state index contributed by atoms with van der Waals surface area (Å²) in [6.45, 7) is 7.57. The Balaban J connectivity index is 2.40. The zero-order valence-corrected chi connectivity index (χ0v) is 12.0. The van der Waals surface area contributed by atoms with Crippen molar-refractivity contribution in [3.63, 3.8) is 0 Å². The molecule has 3 N–H and O–H groups in total. The number of rotatable bonds is 6. The van der Waals surface area contributed by atoms with Crippen LogP contribution in [0.5, 0.6) is 0 Å². The quantitative estimate of drug-likeness (QED) is 0.762. The number of carbonyl (C=O) groups excluding carboxylic acids is 1. The van der Waals surface area contributed by atoms with Crippen LogP contribution in [-0.4, -0.2) is 30.7 Å². The first kappa shape index (κ1) is 15.4. The van der Waals surface area contributed by atoms with Gasteiger partial charge in [-0.25, -0.2) is 0 Å². The summed E-state index contributed by atoms with van der Waals surface area (Å²) < 4.78 is 5.59. The average molecular weight is 256 g/mol. The highest BCUT2D eigenvalue weighted by atomic mass is 16.5. The predicted octanol–water partition coefficient (Wildman–Crippen LogP) is 1.83. The highest BCUT2D eigenvalue weighted by Crippen LogP contribution is 2.18. The van der Waals surface area contributed by atoms with Crippen molar-refractivity contribution in [2.45, 2.75) is 64.5 Å². The van der Waals surface area contributed by atoms with E-state index in [1.54, 1.807) is 0 Å². The van der Waals surface area contributed by atoms with Gasteiger partial charge < -0.3 is 15.8 Å². The number of hydrogen-bond acceptors (Lipinski definition) is 3. The number of carbonyl (C=O) groups is 1. The van der Waals surface area contributed by atoms with E-state index in [1.807, 2.05) is 6.92 Å². The second-order valence-corrected chi connectivity index (χ2v) is 6.10. The average Bonchev–Trinajstić information content (AvgIpc) is 2.28. The molecule has 0 aliphatic carbocycles. The van der Waals surface area contributed by atoms with Gasteiger partial charge in [0.05, 0.1) is 12.5 Å². The molecule has 0 radical (unpaired) electrons. The number of hydrogen-bond donors (Lipinski definition) is 2. The van der Waals surface area contributed by atoms with Crippen LogP contribution in [0.15, 0.2) is 0 Å². The molecule has 2 unspecified atom stereocenters. The molecule has 0 aromatic rings. The lowest BCUT2D eigenvalue weighted by Crippen LogP contribution is -2.52. The lowest BCUT2D eigenvalue weighted by atomic mass is 9.90. The Morgan fingerprint density at radius 3 is 2.72 bits per heavy atom. The lowest BCUT2D eigenvalue weighted by Gasteiger charge is -2.32. The fraction of sp³-hybridized carbons (Fsp3) is 0.929. The second-order valence-electron chi connectivity index (χ2n) is 6.10. The van der Waals surface area contributed by atoms with E-state index in [-0.39, 0.29) is 17.6 Å². The van der Waals surface area contributed by atoms with Gasteiger partial charge in [-0.1, -0.05) is 13.8 Å². The van der Waals surface area contributed by atoms with E-state index in [4.69, 9.17) is 10.5 Å². The van der Waals surface area contributed by atoms with Crippen molar-refractivity contribution in [3.05, 3.63) is 0 Å². The Morgan fingerprint density at radius 1 is 1.50 bits per heavy atom. The van der Waals surface area contributed by atoms with Gasteiger partial charge in [0.25, 0.3) is 0 Å². The van der Waals surface area contributed by atoms with E-state index in [1.165, 1.54) is 0 Å². The normalized spacial score (nSPS) is 23.7. The maximum Gasteiger partial charge on any atom is 0.223 e. The summed E-state index contributed by atoms with van der Waals surface area (Å²) in [6.07, 6.45) is 4.75. The van der Waals surface area contributed by atoms with E-state index >= 15 is 0 Å². The van der Waals surface area contributed by atoms with Crippen LogP contribution in [-0.2, 0) is 9.53 Å². The van der Waals surface area contributed by atoms with Gasteiger partial charge in [0, 0.05) is 18.7 Å². The van der Waals surface area contributed by atoms with Gasteiger partial charge in [0.15, 0.2) is 0 Å². The highest BCUT2D eigenvalue weighted by Gasteiger charge is 2.27. The molecule has 0 saturated carbocycles. The molecule has 1 rings (SSSR count). The minimum Gasteiger partial charge on any atom is -0.378 e. The van der Waals surface area contributed by atoms with E-state index in [2.05, 4.69) is 19.2 Å². The largest absolute Gasteiger partial charge is 0.378 e. The van der Waals surface area contributed by atoms with Crippen molar-refractivity contribution in [2.24, 2.45) is 11.7 Å². The van der Waals surface area contributed by atoms with Gasteiger partial charge in [-0.2, -0.15) is 0 Å². The zero-order chi connectivity index (χ0) is 13.6. The first-order chi connectivity index (χ1) is 8.45. The Morgan fingerprint density at radius 2 is 2.22 bits per heavy atom. The molecule has 0 bridgehead atoms. The number of nitrogens with one attached hydrogen (secondary N) is 1. The fourth-order valence-corrected chi connectivity index (χ4v) is 2.65. The van der Waals surface area contributed by atoms with Gasteiger partial charge in [-0.3, -0.25) is 4.79 Å². The highest BCUT2D eigenvalue weighted by molar-refractivity contribution is 5.77. The van der Waals surface area contributed by atoms with Crippen LogP contribution in [0.4, 0.5) is 0 Å². The summed E-state index contributed by atoms with van der Waals surface area (Å²) in [5, 5.41) is 3.08. The summed E-state index contributed by atoms with van der Waals surface area (Å²) in [6, 6.07) is 0. The molecule has 1 heterocycles. The smallest absolute Gasteiger partial charge is 0.223 e. The first-order valence-electron chi connectivity index (χ1n) is 7.08. The molecular formula is C14H28N2O2. The van der Waals surface area contributed by atoms with E-state index in [0.717, 1.165) is 32.3 Å². The maximum atomic E-state index is 12.0. The molecule has 1 amide bonds. The van der Waals surface area contributed by atoms with Crippen molar-refractivity contribution in [1.29, 1.82) is 0 Å². The van der Waals surface area contributed by atoms with Crippen LogP contribution in [0.1, 0.15) is 52.9 Å². The van der Waals surface area contributed by atoms with Crippen LogP contribution in [0, 0.1) is 5.92 Å². The van der Waals surface area contributed by atoms with Gasteiger partial charge in [0.1, 0.15) is 0 Å². The molecule has 0 aromatic heterocycles. The summed E-state index contributed by atoms with van der Waals surface area (Å²) in [4.78, 5) is 12.0. The van der Waals surface area contributed by atoms with Crippen molar-refractivity contribution < 1.29 is 9.53 Å². The van der Waals surface area contributed by atoms with Gasteiger partial charge >= 0.3 is 0 Å². The maximum absolute atomic E-state index is 12.0. The number of ether oxygens (including phenoxy) is 1. The van der Waals surface area contributed by atoms with Crippen LogP contribution < -0.4 is 11.1 Å². The van der Waals surface area contributed by atoms with Gasteiger partial charge in [-0.05, 0) is 38.5 Å². The van der Waals surface area contributed by atoms with Crippen molar-refractivity contribution in [2.75, 3.05) is 13.2 Å². The van der Waals surface area contributed by atoms with E-state index in [9.17, 15) is 4.79 Å². The molecule has 4 nitrogen and oxygen atoms in total. The van der Waals surface area contributed by atoms with Gasteiger partial charge in [0.2, 0.25) is 5.91 Å². The third-order valence-corrected chi connectivity index (χ3v) is 3.44. The molecule has 1 saturated heterocycles. The Labute approximate surface area is 111 Å². The SMILES string of the molecule is CC(C)CC(C)(CN)NC(=O)CC1CCCCO1. The molecule has 18 heavy (non-hydrogen) atoms. The summed E-state index contributed by atoms with van der Waals surface area (Å²) in [7, 11) is 0. The minimum atomic E-state index is -0.292. The Hall–Kier alpha value is -0.610. The summed E-state index contributed by atoms with van der Waals surface area (Å²) >= 11 is 0. The van der Waals surface area contributed by atoms with Crippen molar-refractivity contribution in [3.8, 4) is 0 Å². The zero-order valence-electron chi connectivity index (χ0n) is 12.0. The molecule has 106 valence electrons.